The molecule has 0 unspecified atom stereocenters. The molecule has 2 rings (SSSR count). The van der Waals surface area contributed by atoms with Crippen molar-refractivity contribution in [3.05, 3.63) is 62.5 Å². The number of hydrogen-bond donors (Lipinski definition) is 0. The lowest BCUT2D eigenvalue weighted by Crippen LogP contribution is -2.36. The molecule has 0 amide bonds. The zero-order valence-electron chi connectivity index (χ0n) is 13.2. The summed E-state index contributed by atoms with van der Waals surface area (Å²) in [7, 11) is 0. The van der Waals surface area contributed by atoms with Crippen molar-refractivity contribution in [2.24, 2.45) is 0 Å². The van der Waals surface area contributed by atoms with Gasteiger partial charge in [-0.2, -0.15) is 5.10 Å². The van der Waals surface area contributed by atoms with E-state index in [4.69, 9.17) is 23.2 Å². The molecule has 122 valence electrons. The van der Waals surface area contributed by atoms with Gasteiger partial charge in [0.2, 0.25) is 0 Å². The highest BCUT2D eigenvalue weighted by Crippen LogP contribution is 2.27. The van der Waals surface area contributed by atoms with E-state index in [2.05, 4.69) is 5.10 Å². The first-order valence-corrected chi connectivity index (χ1v) is 8.90. The van der Waals surface area contributed by atoms with Crippen molar-refractivity contribution >= 4 is 41.0 Å². The van der Waals surface area contributed by atoms with E-state index in [1.807, 2.05) is 51.1 Å². The molecular formula is C17H18Cl2N2OS. The first kappa shape index (κ1) is 18.1. The molecule has 0 aliphatic heterocycles. The summed E-state index contributed by atoms with van der Waals surface area (Å²) in [6, 6.07) is 8.03. The Hall–Kier alpha value is -1.23. The maximum absolute atomic E-state index is 12.3. The fourth-order valence-electron chi connectivity index (χ4n) is 1.95. The minimum Gasteiger partial charge on any atom is -0.266 e. The van der Waals surface area contributed by atoms with Gasteiger partial charge in [0.15, 0.2) is 0 Å². The SMILES string of the molecule is CC(C)(C)n1ncc(SCc2ccc(C=CCl)cc2)c(Cl)c1=O. The minimum absolute atomic E-state index is 0.224. The van der Waals surface area contributed by atoms with E-state index >= 15 is 0 Å². The molecular weight excluding hydrogens is 351 g/mol. The second-order valence-electron chi connectivity index (χ2n) is 6.03. The number of hydrogen-bond acceptors (Lipinski definition) is 3. The lowest BCUT2D eigenvalue weighted by Gasteiger charge is -2.21. The Kier molecular flexibility index (Phi) is 5.95. The molecule has 2 aromatic rings. The van der Waals surface area contributed by atoms with Gasteiger partial charge in [-0.3, -0.25) is 4.79 Å². The van der Waals surface area contributed by atoms with Crippen LogP contribution < -0.4 is 5.56 Å². The summed E-state index contributed by atoms with van der Waals surface area (Å²) < 4.78 is 1.41. The molecule has 1 heterocycles. The number of halogens is 2. The quantitative estimate of drug-likeness (QED) is 0.699. The van der Waals surface area contributed by atoms with Gasteiger partial charge < -0.3 is 0 Å². The molecule has 0 N–H and O–H groups in total. The van der Waals surface area contributed by atoms with Gasteiger partial charge in [-0.1, -0.05) is 47.5 Å². The average Bonchev–Trinajstić information content (AvgIpc) is 2.49. The lowest BCUT2D eigenvalue weighted by atomic mass is 10.1. The van der Waals surface area contributed by atoms with Crippen molar-refractivity contribution in [2.45, 2.75) is 37.0 Å². The highest BCUT2D eigenvalue weighted by Gasteiger charge is 2.19. The number of nitrogens with zero attached hydrogens (tertiary/aromatic N) is 2. The standard InChI is InChI=1S/C17H18Cl2N2OS/c1-17(2,3)21-16(22)15(19)14(10-20-21)23-11-13-6-4-12(5-7-13)8-9-18/h4-10H,11H2,1-3H3. The van der Waals surface area contributed by atoms with Crippen molar-refractivity contribution in [1.29, 1.82) is 0 Å². The monoisotopic (exact) mass is 368 g/mol. The lowest BCUT2D eigenvalue weighted by molar-refractivity contribution is 0.336. The van der Waals surface area contributed by atoms with Crippen molar-refractivity contribution < 1.29 is 0 Å². The van der Waals surface area contributed by atoms with Crippen LogP contribution in [0.5, 0.6) is 0 Å². The summed E-state index contributed by atoms with van der Waals surface area (Å²) in [5, 5.41) is 4.46. The third-order valence-corrected chi connectivity index (χ3v) is 4.85. The zero-order valence-corrected chi connectivity index (χ0v) is 15.5. The molecule has 0 radical (unpaired) electrons. The molecule has 0 fully saturated rings. The third-order valence-electron chi connectivity index (χ3n) is 3.15. The first-order chi connectivity index (χ1) is 10.8. The van der Waals surface area contributed by atoms with E-state index in [-0.39, 0.29) is 10.6 Å². The smallest absolute Gasteiger partial charge is 0.266 e. The van der Waals surface area contributed by atoms with Crippen molar-refractivity contribution in [3.63, 3.8) is 0 Å². The van der Waals surface area contributed by atoms with Gasteiger partial charge in [-0.25, -0.2) is 4.68 Å². The molecule has 3 nitrogen and oxygen atoms in total. The van der Waals surface area contributed by atoms with Crippen LogP contribution in [-0.4, -0.2) is 9.78 Å². The Morgan fingerprint density at radius 2 is 1.91 bits per heavy atom. The fraction of sp³-hybridized carbons (Fsp3) is 0.294. The molecule has 0 aliphatic rings. The van der Waals surface area contributed by atoms with Gasteiger partial charge in [-0.05, 0) is 38.0 Å². The van der Waals surface area contributed by atoms with Crippen LogP contribution >= 0.6 is 35.0 Å². The molecule has 0 aliphatic carbocycles. The van der Waals surface area contributed by atoms with Crippen molar-refractivity contribution in [1.82, 2.24) is 9.78 Å². The van der Waals surface area contributed by atoms with Gasteiger partial charge in [0.1, 0.15) is 5.02 Å². The summed E-state index contributed by atoms with van der Waals surface area (Å²) in [6.45, 7) is 5.75. The normalized spacial score (nSPS) is 12.0. The van der Waals surface area contributed by atoms with Gasteiger partial charge in [0.05, 0.1) is 16.6 Å². The molecule has 0 saturated carbocycles. The van der Waals surface area contributed by atoms with Crippen molar-refractivity contribution in [2.75, 3.05) is 0 Å². The number of benzene rings is 1. The third kappa shape index (κ3) is 4.63. The van der Waals surface area contributed by atoms with Crippen molar-refractivity contribution in [3.8, 4) is 0 Å². The Labute approximate surface area is 150 Å². The molecule has 0 spiro atoms. The van der Waals surface area contributed by atoms with Gasteiger partial charge in [0.25, 0.3) is 5.56 Å². The molecule has 0 saturated heterocycles. The van der Waals surface area contributed by atoms with Crippen LogP contribution in [0.4, 0.5) is 0 Å². The van der Waals surface area contributed by atoms with Crippen LogP contribution in [-0.2, 0) is 11.3 Å². The van der Waals surface area contributed by atoms with Crippen LogP contribution in [0.2, 0.25) is 5.02 Å². The molecule has 1 aromatic carbocycles. The van der Waals surface area contributed by atoms with Gasteiger partial charge in [0, 0.05) is 11.3 Å². The maximum atomic E-state index is 12.3. The summed E-state index contributed by atoms with van der Waals surface area (Å²) in [4.78, 5) is 13.0. The molecule has 0 atom stereocenters. The molecule has 6 heteroatoms. The number of aromatic nitrogens is 2. The van der Waals surface area contributed by atoms with E-state index in [0.717, 1.165) is 11.1 Å². The molecule has 0 bridgehead atoms. The predicted octanol–water partition coefficient (Wildman–Crippen LogP) is 5.15. The van der Waals surface area contributed by atoms with E-state index < -0.39 is 5.54 Å². The Morgan fingerprint density at radius 3 is 2.48 bits per heavy atom. The van der Waals surface area contributed by atoms with Crippen LogP contribution in [0.3, 0.4) is 0 Å². The van der Waals surface area contributed by atoms with Gasteiger partial charge >= 0.3 is 0 Å². The van der Waals surface area contributed by atoms with Crippen LogP contribution in [0.25, 0.3) is 6.08 Å². The summed E-state index contributed by atoms with van der Waals surface area (Å²) in [6.07, 6.45) is 3.48. The van der Waals surface area contributed by atoms with Gasteiger partial charge in [-0.15, -0.1) is 11.8 Å². The van der Waals surface area contributed by atoms with Crippen LogP contribution in [0, 0.1) is 0 Å². The van der Waals surface area contributed by atoms with E-state index in [1.165, 1.54) is 22.0 Å². The highest BCUT2D eigenvalue weighted by atomic mass is 35.5. The number of rotatable bonds is 4. The topological polar surface area (TPSA) is 34.9 Å². The minimum atomic E-state index is -0.393. The second kappa shape index (κ2) is 7.56. The van der Waals surface area contributed by atoms with E-state index in [0.29, 0.717) is 10.6 Å². The van der Waals surface area contributed by atoms with Crippen LogP contribution in [0.1, 0.15) is 31.9 Å². The molecule has 1 aromatic heterocycles. The van der Waals surface area contributed by atoms with Crippen LogP contribution in [0.15, 0.2) is 45.7 Å². The molecule has 23 heavy (non-hydrogen) atoms. The predicted molar refractivity (Wildman–Crippen MR) is 99.4 cm³/mol. The number of thioether (sulfide) groups is 1. The Balaban J connectivity index is 2.15. The second-order valence-corrected chi connectivity index (χ2v) is 7.68. The Bertz CT molecular complexity index is 762. The summed E-state index contributed by atoms with van der Waals surface area (Å²) in [5.41, 5.74) is 3.01. The first-order valence-electron chi connectivity index (χ1n) is 7.10. The summed E-state index contributed by atoms with van der Waals surface area (Å²) >= 11 is 13.3. The summed E-state index contributed by atoms with van der Waals surface area (Å²) in [5.74, 6) is 0.714. The average molecular weight is 369 g/mol. The zero-order chi connectivity index (χ0) is 17.0. The maximum Gasteiger partial charge on any atom is 0.287 e. The van der Waals surface area contributed by atoms with E-state index in [1.54, 1.807) is 6.20 Å². The highest BCUT2D eigenvalue weighted by molar-refractivity contribution is 7.98. The van der Waals surface area contributed by atoms with E-state index in [9.17, 15) is 4.79 Å². The Morgan fingerprint density at radius 1 is 1.26 bits per heavy atom. The fourth-order valence-corrected chi connectivity index (χ4v) is 3.24. The largest absolute Gasteiger partial charge is 0.287 e.